The zero-order valence-electron chi connectivity index (χ0n) is 8.76. The van der Waals surface area contributed by atoms with Gasteiger partial charge in [-0.05, 0) is 25.0 Å². The number of alkyl halides is 3. The molecular formula is C11H11F4NO. The molecule has 0 radical (unpaired) electrons. The molecule has 1 aromatic carbocycles. The molecule has 94 valence electrons. The van der Waals surface area contributed by atoms with Gasteiger partial charge in [-0.25, -0.2) is 4.39 Å². The largest absolute Gasteiger partial charge is 0.416 e. The standard InChI is InChI=1S/C11H11F4NO/c12-8-5-6(11(13,14)15)1-2-7(8)9(16)10(17)3-4-10/h1-2,5,9,17H,3-4,16H2. The SMILES string of the molecule is NC(c1ccc(C(F)(F)F)cc1F)C1(O)CC1. The van der Waals surface area contributed by atoms with Gasteiger partial charge in [-0.1, -0.05) is 6.07 Å². The highest BCUT2D eigenvalue weighted by molar-refractivity contribution is 5.31. The second-order valence-corrected chi connectivity index (χ2v) is 4.32. The number of halogens is 4. The van der Waals surface area contributed by atoms with E-state index in [-0.39, 0.29) is 5.56 Å². The Morgan fingerprint density at radius 2 is 1.88 bits per heavy atom. The van der Waals surface area contributed by atoms with E-state index in [0.29, 0.717) is 18.9 Å². The van der Waals surface area contributed by atoms with Crippen LogP contribution >= 0.6 is 0 Å². The summed E-state index contributed by atoms with van der Waals surface area (Å²) in [7, 11) is 0. The van der Waals surface area contributed by atoms with Gasteiger partial charge in [0.25, 0.3) is 0 Å². The topological polar surface area (TPSA) is 46.2 Å². The predicted octanol–water partition coefficient (Wildman–Crippen LogP) is 2.37. The highest BCUT2D eigenvalue weighted by atomic mass is 19.4. The minimum Gasteiger partial charge on any atom is -0.388 e. The molecule has 2 rings (SSSR count). The van der Waals surface area contributed by atoms with E-state index < -0.39 is 29.2 Å². The van der Waals surface area contributed by atoms with E-state index in [1.54, 1.807) is 0 Å². The van der Waals surface area contributed by atoms with E-state index in [4.69, 9.17) is 5.73 Å². The van der Waals surface area contributed by atoms with Gasteiger partial charge in [0.15, 0.2) is 0 Å². The predicted molar refractivity (Wildman–Crippen MR) is 52.5 cm³/mol. The molecule has 1 unspecified atom stereocenters. The van der Waals surface area contributed by atoms with E-state index in [2.05, 4.69) is 0 Å². The molecule has 6 heteroatoms. The summed E-state index contributed by atoms with van der Waals surface area (Å²) in [5.74, 6) is -1.03. The van der Waals surface area contributed by atoms with E-state index in [0.717, 1.165) is 12.1 Å². The van der Waals surface area contributed by atoms with Crippen LogP contribution in [-0.2, 0) is 6.18 Å². The molecule has 0 aromatic heterocycles. The van der Waals surface area contributed by atoms with Gasteiger partial charge in [-0.15, -0.1) is 0 Å². The Kier molecular flexibility index (Phi) is 2.67. The number of benzene rings is 1. The van der Waals surface area contributed by atoms with Crippen molar-refractivity contribution in [3.05, 3.63) is 35.1 Å². The van der Waals surface area contributed by atoms with Crippen LogP contribution in [0.25, 0.3) is 0 Å². The quantitative estimate of drug-likeness (QED) is 0.790. The summed E-state index contributed by atoms with van der Waals surface area (Å²) in [6, 6.07) is 1.18. The third kappa shape index (κ3) is 2.28. The molecule has 0 amide bonds. The van der Waals surface area contributed by atoms with Crippen molar-refractivity contribution < 1.29 is 22.7 Å². The Balaban J connectivity index is 2.32. The van der Waals surface area contributed by atoms with Crippen molar-refractivity contribution in [3.63, 3.8) is 0 Å². The second-order valence-electron chi connectivity index (χ2n) is 4.32. The molecule has 2 nitrogen and oxygen atoms in total. The lowest BCUT2D eigenvalue weighted by Gasteiger charge is -2.19. The zero-order valence-corrected chi connectivity index (χ0v) is 8.76. The van der Waals surface area contributed by atoms with Crippen molar-refractivity contribution in [3.8, 4) is 0 Å². The first kappa shape index (κ1) is 12.3. The van der Waals surface area contributed by atoms with Crippen LogP contribution in [0.3, 0.4) is 0 Å². The maximum Gasteiger partial charge on any atom is 0.416 e. The minimum atomic E-state index is -4.58. The molecule has 1 aliphatic rings. The van der Waals surface area contributed by atoms with Gasteiger partial charge < -0.3 is 10.8 Å². The Hall–Kier alpha value is -1.14. The van der Waals surface area contributed by atoms with E-state index in [1.807, 2.05) is 0 Å². The fourth-order valence-corrected chi connectivity index (χ4v) is 1.68. The lowest BCUT2D eigenvalue weighted by atomic mass is 9.98. The van der Waals surface area contributed by atoms with Crippen LogP contribution in [0.2, 0.25) is 0 Å². The van der Waals surface area contributed by atoms with Gasteiger partial charge in [-0.2, -0.15) is 13.2 Å². The van der Waals surface area contributed by atoms with E-state index in [9.17, 15) is 22.7 Å². The summed E-state index contributed by atoms with van der Waals surface area (Å²) < 4.78 is 50.4. The van der Waals surface area contributed by atoms with Gasteiger partial charge in [0.2, 0.25) is 0 Å². The lowest BCUT2D eigenvalue weighted by Crippen LogP contribution is -2.28. The smallest absolute Gasteiger partial charge is 0.388 e. The van der Waals surface area contributed by atoms with Crippen molar-refractivity contribution in [2.75, 3.05) is 0 Å². The number of aliphatic hydroxyl groups is 1. The van der Waals surface area contributed by atoms with Crippen molar-refractivity contribution >= 4 is 0 Å². The maximum atomic E-state index is 13.5. The van der Waals surface area contributed by atoms with Crippen molar-refractivity contribution in [1.29, 1.82) is 0 Å². The molecule has 0 bridgehead atoms. The van der Waals surface area contributed by atoms with Gasteiger partial charge in [0.1, 0.15) is 5.82 Å². The van der Waals surface area contributed by atoms with Gasteiger partial charge in [0.05, 0.1) is 17.2 Å². The van der Waals surface area contributed by atoms with Crippen LogP contribution in [0.4, 0.5) is 17.6 Å². The van der Waals surface area contributed by atoms with Crippen LogP contribution < -0.4 is 5.73 Å². The highest BCUT2D eigenvalue weighted by Gasteiger charge is 2.47. The van der Waals surface area contributed by atoms with Gasteiger partial charge in [0, 0.05) is 5.56 Å². The average Bonchev–Trinajstić information content (AvgIpc) is 2.95. The number of rotatable bonds is 2. The summed E-state index contributed by atoms with van der Waals surface area (Å²) in [4.78, 5) is 0. The first-order chi connectivity index (χ1) is 7.74. The zero-order chi connectivity index (χ0) is 12.8. The summed E-state index contributed by atoms with van der Waals surface area (Å²) in [5.41, 5.74) is 3.31. The molecule has 1 saturated carbocycles. The molecule has 3 N–H and O–H groups in total. The molecule has 0 spiro atoms. The Morgan fingerprint density at radius 1 is 1.29 bits per heavy atom. The Labute approximate surface area is 95.0 Å². The van der Waals surface area contributed by atoms with Gasteiger partial charge >= 0.3 is 6.18 Å². The molecular weight excluding hydrogens is 238 g/mol. The van der Waals surface area contributed by atoms with Gasteiger partial charge in [-0.3, -0.25) is 0 Å². The molecule has 0 saturated heterocycles. The summed E-state index contributed by atoms with van der Waals surface area (Å²) in [6.45, 7) is 0. The molecule has 17 heavy (non-hydrogen) atoms. The maximum absolute atomic E-state index is 13.5. The van der Waals surface area contributed by atoms with E-state index in [1.165, 1.54) is 0 Å². The summed E-state index contributed by atoms with van der Waals surface area (Å²) >= 11 is 0. The fraction of sp³-hybridized carbons (Fsp3) is 0.455. The van der Waals surface area contributed by atoms with Crippen LogP contribution in [0.5, 0.6) is 0 Å². The molecule has 1 aliphatic carbocycles. The fourth-order valence-electron chi connectivity index (χ4n) is 1.68. The third-order valence-electron chi connectivity index (χ3n) is 3.00. The Morgan fingerprint density at radius 3 is 2.29 bits per heavy atom. The monoisotopic (exact) mass is 249 g/mol. The molecule has 1 atom stereocenters. The van der Waals surface area contributed by atoms with Crippen molar-refractivity contribution in [2.45, 2.75) is 30.7 Å². The Bertz CT molecular complexity index is 440. The highest BCUT2D eigenvalue weighted by Crippen LogP contribution is 2.45. The summed E-state index contributed by atoms with van der Waals surface area (Å²) in [6.07, 6.45) is -3.71. The molecule has 0 aliphatic heterocycles. The first-order valence-corrected chi connectivity index (χ1v) is 5.09. The minimum absolute atomic E-state index is 0.0852. The normalized spacial score (nSPS) is 20.1. The second kappa shape index (κ2) is 3.68. The first-order valence-electron chi connectivity index (χ1n) is 5.09. The number of nitrogens with two attached hydrogens (primary N) is 1. The third-order valence-corrected chi connectivity index (χ3v) is 3.00. The van der Waals surface area contributed by atoms with Crippen LogP contribution in [0.15, 0.2) is 18.2 Å². The van der Waals surface area contributed by atoms with Crippen LogP contribution in [-0.4, -0.2) is 10.7 Å². The number of hydrogen-bond acceptors (Lipinski definition) is 2. The van der Waals surface area contributed by atoms with Crippen LogP contribution in [0, 0.1) is 5.82 Å². The molecule has 0 heterocycles. The van der Waals surface area contributed by atoms with E-state index >= 15 is 0 Å². The van der Waals surface area contributed by atoms with Crippen LogP contribution in [0.1, 0.15) is 30.0 Å². The lowest BCUT2D eigenvalue weighted by molar-refractivity contribution is -0.137. The van der Waals surface area contributed by atoms with Crippen molar-refractivity contribution in [1.82, 2.24) is 0 Å². The molecule has 1 aromatic rings. The summed E-state index contributed by atoms with van der Waals surface area (Å²) in [5, 5.41) is 9.69. The number of hydrogen-bond donors (Lipinski definition) is 2. The molecule has 1 fully saturated rings. The van der Waals surface area contributed by atoms with Crippen molar-refractivity contribution in [2.24, 2.45) is 5.73 Å². The average molecular weight is 249 g/mol.